The molecule has 0 radical (unpaired) electrons. The fraction of sp³-hybridized carbons (Fsp3) is 0.259. The molecule has 0 aliphatic heterocycles. The highest BCUT2D eigenvalue weighted by Gasteiger charge is 2.23. The minimum absolute atomic E-state index is 0.295. The zero-order valence-electron chi connectivity index (χ0n) is 20.5. The minimum atomic E-state index is -0.619. The lowest BCUT2D eigenvalue weighted by molar-refractivity contribution is -0.125. The van der Waals surface area contributed by atoms with E-state index in [0.29, 0.717) is 33.7 Å². The molecule has 2 aromatic heterocycles. The number of aromatic nitrogens is 3. The van der Waals surface area contributed by atoms with Crippen molar-refractivity contribution in [3.8, 4) is 22.7 Å². The first kappa shape index (κ1) is 23.9. The van der Waals surface area contributed by atoms with Gasteiger partial charge in [0, 0.05) is 11.1 Å². The van der Waals surface area contributed by atoms with Gasteiger partial charge in [0.1, 0.15) is 5.75 Å². The maximum Gasteiger partial charge on any atom is 0.339 e. The molecule has 0 aliphatic carbocycles. The number of amides is 1. The summed E-state index contributed by atoms with van der Waals surface area (Å²) in [5.41, 5.74) is 3.20. The van der Waals surface area contributed by atoms with Gasteiger partial charge in [-0.05, 0) is 70.2 Å². The number of para-hydroxylation sites is 1. The van der Waals surface area contributed by atoms with E-state index >= 15 is 0 Å². The highest BCUT2D eigenvalue weighted by atomic mass is 16.5. The molecule has 0 atom stereocenters. The predicted molar refractivity (Wildman–Crippen MR) is 134 cm³/mol. The van der Waals surface area contributed by atoms with E-state index < -0.39 is 11.5 Å². The van der Waals surface area contributed by atoms with Gasteiger partial charge in [-0.2, -0.15) is 5.10 Å². The molecule has 4 aromatic rings. The van der Waals surface area contributed by atoms with Crippen LogP contribution in [0.4, 0.5) is 0 Å². The Labute approximate surface area is 203 Å². The molecule has 0 unspecified atom stereocenters. The minimum Gasteiger partial charge on any atom is -0.497 e. The number of ether oxygens (including phenoxy) is 2. The van der Waals surface area contributed by atoms with E-state index in [9.17, 15) is 9.59 Å². The van der Waals surface area contributed by atoms with Crippen LogP contribution in [0, 0.1) is 6.92 Å². The van der Waals surface area contributed by atoms with Crippen molar-refractivity contribution in [1.29, 1.82) is 0 Å². The van der Waals surface area contributed by atoms with Gasteiger partial charge in [-0.25, -0.2) is 14.5 Å². The summed E-state index contributed by atoms with van der Waals surface area (Å²) in [5.74, 6) is -0.278. The SMILES string of the molecule is COc1ccc(-c2cc(C(=O)OCC(=O)NC(C)(C)C)c3c(C)nn(-c4ccccc4)c3n2)cc1. The van der Waals surface area contributed by atoms with Crippen molar-refractivity contribution in [3.63, 3.8) is 0 Å². The van der Waals surface area contributed by atoms with Crippen LogP contribution >= 0.6 is 0 Å². The normalized spacial score (nSPS) is 11.3. The lowest BCUT2D eigenvalue weighted by Gasteiger charge is -2.20. The van der Waals surface area contributed by atoms with Gasteiger partial charge < -0.3 is 14.8 Å². The number of fused-ring (bicyclic) bond motifs is 1. The molecule has 2 heterocycles. The van der Waals surface area contributed by atoms with Crippen molar-refractivity contribution < 1.29 is 19.1 Å². The third-order valence-electron chi connectivity index (χ3n) is 5.27. The average Bonchev–Trinajstić information content (AvgIpc) is 3.18. The van der Waals surface area contributed by atoms with E-state index in [0.717, 1.165) is 11.3 Å². The second-order valence-corrected chi connectivity index (χ2v) is 9.19. The van der Waals surface area contributed by atoms with Crippen molar-refractivity contribution in [2.24, 2.45) is 0 Å². The number of esters is 1. The molecule has 2 aromatic carbocycles. The Morgan fingerprint density at radius 2 is 1.71 bits per heavy atom. The third-order valence-corrected chi connectivity index (χ3v) is 5.27. The zero-order valence-corrected chi connectivity index (χ0v) is 20.5. The number of carbonyl (C=O) groups is 2. The molecule has 0 spiro atoms. The Morgan fingerprint density at radius 3 is 2.34 bits per heavy atom. The summed E-state index contributed by atoms with van der Waals surface area (Å²) in [7, 11) is 1.60. The van der Waals surface area contributed by atoms with Crippen molar-refractivity contribution in [2.45, 2.75) is 33.2 Å². The van der Waals surface area contributed by atoms with E-state index in [-0.39, 0.29) is 12.5 Å². The molecule has 0 fully saturated rings. The first-order valence-electron chi connectivity index (χ1n) is 11.2. The molecule has 1 amide bonds. The van der Waals surface area contributed by atoms with Crippen LogP contribution in [0.5, 0.6) is 5.75 Å². The molecule has 35 heavy (non-hydrogen) atoms. The van der Waals surface area contributed by atoms with Gasteiger partial charge in [-0.1, -0.05) is 18.2 Å². The van der Waals surface area contributed by atoms with Gasteiger partial charge in [-0.3, -0.25) is 4.79 Å². The Balaban J connectivity index is 1.81. The van der Waals surface area contributed by atoms with Crippen LogP contribution in [-0.2, 0) is 9.53 Å². The molecule has 8 heteroatoms. The van der Waals surface area contributed by atoms with E-state index in [1.54, 1.807) is 17.9 Å². The van der Waals surface area contributed by atoms with Gasteiger partial charge in [-0.15, -0.1) is 0 Å². The summed E-state index contributed by atoms with van der Waals surface area (Å²) in [4.78, 5) is 30.3. The third kappa shape index (κ3) is 5.32. The Kier molecular flexibility index (Phi) is 6.55. The second-order valence-electron chi connectivity index (χ2n) is 9.19. The van der Waals surface area contributed by atoms with E-state index in [2.05, 4.69) is 10.4 Å². The molecule has 0 saturated carbocycles. The molecule has 0 saturated heterocycles. The van der Waals surface area contributed by atoms with Crippen LogP contribution in [-0.4, -0.2) is 45.9 Å². The molecule has 8 nitrogen and oxygen atoms in total. The monoisotopic (exact) mass is 472 g/mol. The number of rotatable bonds is 6. The van der Waals surface area contributed by atoms with Crippen molar-refractivity contribution in [1.82, 2.24) is 20.1 Å². The topological polar surface area (TPSA) is 95.3 Å². The largest absolute Gasteiger partial charge is 0.497 e. The molecular weight excluding hydrogens is 444 g/mol. The second kappa shape index (κ2) is 9.58. The van der Waals surface area contributed by atoms with Crippen molar-refractivity contribution in [2.75, 3.05) is 13.7 Å². The number of hydrogen-bond acceptors (Lipinski definition) is 6. The smallest absolute Gasteiger partial charge is 0.339 e. The number of nitrogens with zero attached hydrogens (tertiary/aromatic N) is 3. The van der Waals surface area contributed by atoms with Gasteiger partial charge in [0.15, 0.2) is 12.3 Å². The molecule has 180 valence electrons. The van der Waals surface area contributed by atoms with Crippen LogP contribution < -0.4 is 10.1 Å². The molecule has 0 aliphatic rings. The van der Waals surface area contributed by atoms with Crippen LogP contribution in [0.1, 0.15) is 36.8 Å². The average molecular weight is 473 g/mol. The fourth-order valence-electron chi connectivity index (χ4n) is 3.77. The first-order chi connectivity index (χ1) is 16.7. The Morgan fingerprint density at radius 1 is 1.03 bits per heavy atom. The number of pyridine rings is 1. The number of hydrogen-bond donors (Lipinski definition) is 1. The lowest BCUT2D eigenvalue weighted by Crippen LogP contribution is -2.42. The van der Waals surface area contributed by atoms with Crippen LogP contribution in [0.3, 0.4) is 0 Å². The lowest BCUT2D eigenvalue weighted by atomic mass is 10.1. The summed E-state index contributed by atoms with van der Waals surface area (Å²) >= 11 is 0. The van der Waals surface area contributed by atoms with Crippen LogP contribution in [0.25, 0.3) is 28.0 Å². The zero-order chi connectivity index (χ0) is 25.2. The van der Waals surface area contributed by atoms with E-state index in [1.807, 2.05) is 82.3 Å². The van der Waals surface area contributed by atoms with E-state index in [4.69, 9.17) is 14.5 Å². The summed E-state index contributed by atoms with van der Waals surface area (Å²) in [6.07, 6.45) is 0. The maximum absolute atomic E-state index is 13.2. The number of carbonyl (C=O) groups excluding carboxylic acids is 2. The number of nitrogens with one attached hydrogen (secondary N) is 1. The van der Waals surface area contributed by atoms with Gasteiger partial charge in [0.2, 0.25) is 0 Å². The Bertz CT molecular complexity index is 1370. The molecule has 0 bridgehead atoms. The van der Waals surface area contributed by atoms with Gasteiger partial charge in [0.25, 0.3) is 5.91 Å². The highest BCUT2D eigenvalue weighted by molar-refractivity contribution is 6.05. The molecule has 1 N–H and O–H groups in total. The number of aryl methyl sites for hydroxylation is 1. The van der Waals surface area contributed by atoms with E-state index in [1.165, 1.54) is 0 Å². The summed E-state index contributed by atoms with van der Waals surface area (Å²) in [6, 6.07) is 18.7. The molecule has 4 rings (SSSR count). The van der Waals surface area contributed by atoms with Crippen molar-refractivity contribution in [3.05, 3.63) is 71.9 Å². The predicted octanol–water partition coefficient (Wildman–Crippen LogP) is 4.48. The summed E-state index contributed by atoms with van der Waals surface area (Å²) in [5, 5.41) is 8.02. The standard InChI is InChI=1S/C27H28N4O4/c1-17-24-21(26(33)35-16-23(32)29-27(2,3)4)15-22(18-11-13-20(34-5)14-12-18)28-25(24)31(30-17)19-9-7-6-8-10-19/h6-15H,16H2,1-5H3,(H,29,32). The summed E-state index contributed by atoms with van der Waals surface area (Å²) in [6.45, 7) is 7.02. The van der Waals surface area contributed by atoms with Gasteiger partial charge in [0.05, 0.1) is 35.1 Å². The van der Waals surface area contributed by atoms with Gasteiger partial charge >= 0.3 is 5.97 Å². The molecular formula is C27H28N4O4. The fourth-order valence-corrected chi connectivity index (χ4v) is 3.77. The summed E-state index contributed by atoms with van der Waals surface area (Å²) < 4.78 is 12.4. The van der Waals surface area contributed by atoms with Crippen molar-refractivity contribution >= 4 is 22.9 Å². The highest BCUT2D eigenvalue weighted by Crippen LogP contribution is 2.30. The number of benzene rings is 2. The first-order valence-corrected chi connectivity index (χ1v) is 11.2. The van der Waals surface area contributed by atoms with Crippen LogP contribution in [0.15, 0.2) is 60.7 Å². The quantitative estimate of drug-likeness (QED) is 0.416. The Hall–Kier alpha value is -4.20. The number of methoxy groups -OCH3 is 1. The van der Waals surface area contributed by atoms with Crippen LogP contribution in [0.2, 0.25) is 0 Å². The maximum atomic E-state index is 13.2.